The van der Waals surface area contributed by atoms with Crippen LogP contribution in [0, 0.1) is 17.6 Å². The van der Waals surface area contributed by atoms with Gasteiger partial charge in [-0.3, -0.25) is 9.79 Å². The van der Waals surface area contributed by atoms with E-state index >= 15 is 0 Å². The molecule has 41 heavy (non-hydrogen) atoms. The molecule has 3 aliphatic rings. The number of anilines is 1. The summed E-state index contributed by atoms with van der Waals surface area (Å²) in [4.78, 5) is 21.7. The number of nitrogens with one attached hydrogen (secondary N) is 1. The van der Waals surface area contributed by atoms with E-state index in [9.17, 15) is 14.9 Å². The Morgan fingerprint density at radius 2 is 1.88 bits per heavy atom. The van der Waals surface area contributed by atoms with Gasteiger partial charge >= 0.3 is 0 Å². The standard InChI is InChI=1S/C33H36F2N4O2/c1-38-8-10-39(11-9-38)29-4-5-30(26(19-29)15-22-6-12-41-13-7-22)33(40)37-32-31-18-23(2-3-25(31)21-36-32)14-24-16-27(34)20-28(35)17-24/h2-5,16-20,22H,6-15,21H2,1H3,(H,36,37,40)/i1D3,4D,14D2,19D. The first-order valence-corrected chi connectivity index (χ1v) is 13.9. The summed E-state index contributed by atoms with van der Waals surface area (Å²) in [7, 11) is 0. The molecule has 3 aliphatic heterocycles. The molecule has 0 spiro atoms. The number of carbonyl (C=O) groups excluding carboxylic acids is 1. The van der Waals surface area contributed by atoms with Gasteiger partial charge in [-0.05, 0) is 97.1 Å². The minimum atomic E-state index is -2.25. The lowest BCUT2D eigenvalue weighted by Gasteiger charge is -2.34. The van der Waals surface area contributed by atoms with Crippen molar-refractivity contribution in [3.8, 4) is 0 Å². The molecule has 0 aliphatic carbocycles. The molecule has 1 N–H and O–H groups in total. The van der Waals surface area contributed by atoms with Crippen molar-refractivity contribution in [1.29, 1.82) is 0 Å². The van der Waals surface area contributed by atoms with E-state index in [1.54, 1.807) is 6.07 Å². The van der Waals surface area contributed by atoms with Gasteiger partial charge < -0.3 is 19.9 Å². The molecule has 0 bridgehead atoms. The lowest BCUT2D eigenvalue weighted by Crippen LogP contribution is -2.44. The Balaban J connectivity index is 1.30. The normalized spacial score (nSPS) is 21.0. The lowest BCUT2D eigenvalue weighted by atomic mass is 9.89. The van der Waals surface area contributed by atoms with Gasteiger partial charge in [0.05, 0.1) is 9.29 Å². The Morgan fingerprint density at radius 3 is 2.63 bits per heavy atom. The van der Waals surface area contributed by atoms with Gasteiger partial charge in [-0.1, -0.05) is 12.1 Å². The van der Waals surface area contributed by atoms with Gasteiger partial charge in [0.15, 0.2) is 0 Å². The van der Waals surface area contributed by atoms with Crippen LogP contribution < -0.4 is 10.2 Å². The molecule has 3 aromatic rings. The van der Waals surface area contributed by atoms with Crippen molar-refractivity contribution in [2.45, 2.75) is 32.2 Å². The molecule has 0 radical (unpaired) electrons. The van der Waals surface area contributed by atoms with Gasteiger partial charge in [-0.2, -0.15) is 0 Å². The minimum Gasteiger partial charge on any atom is -0.381 e. The second-order valence-electron chi connectivity index (χ2n) is 10.7. The molecule has 6 rings (SSSR count). The van der Waals surface area contributed by atoms with Gasteiger partial charge in [0.25, 0.3) is 5.91 Å². The summed E-state index contributed by atoms with van der Waals surface area (Å²) in [5.74, 6) is -2.00. The molecule has 0 atom stereocenters. The summed E-state index contributed by atoms with van der Waals surface area (Å²) in [6.45, 7) is 0.302. The van der Waals surface area contributed by atoms with Gasteiger partial charge in [0, 0.05) is 69.1 Å². The number of halogens is 2. The Bertz CT molecular complexity index is 1730. The van der Waals surface area contributed by atoms with E-state index in [1.165, 1.54) is 23.1 Å². The molecule has 3 aromatic carbocycles. The summed E-state index contributed by atoms with van der Waals surface area (Å²) in [6, 6.07) is 8.78. The summed E-state index contributed by atoms with van der Waals surface area (Å²) < 4.78 is 92.1. The number of nitrogens with zero attached hydrogens (tertiary/aromatic N) is 3. The number of carbonyl (C=O) groups is 1. The van der Waals surface area contributed by atoms with E-state index in [0.717, 1.165) is 30.5 Å². The van der Waals surface area contributed by atoms with Crippen LogP contribution in [0.15, 0.2) is 59.5 Å². The number of piperazine rings is 1. The highest BCUT2D eigenvalue weighted by Crippen LogP contribution is 2.28. The zero-order valence-corrected chi connectivity index (χ0v) is 22.6. The van der Waals surface area contributed by atoms with Crippen molar-refractivity contribution in [1.82, 2.24) is 10.2 Å². The number of amidine groups is 1. The average Bonchev–Trinajstić information content (AvgIpc) is 3.44. The first kappa shape index (κ1) is 20.3. The zero-order chi connectivity index (χ0) is 34.4. The number of rotatable bonds is 6. The van der Waals surface area contributed by atoms with Crippen molar-refractivity contribution in [2.75, 3.05) is 51.3 Å². The number of hydrogen-bond acceptors (Lipinski definition) is 5. The van der Waals surface area contributed by atoms with Gasteiger partial charge in [-0.15, -0.1) is 0 Å². The molecule has 1 amide bonds. The highest BCUT2D eigenvalue weighted by molar-refractivity contribution is 6.14. The maximum atomic E-state index is 14.0. The van der Waals surface area contributed by atoms with Crippen molar-refractivity contribution < 1.29 is 27.9 Å². The third-order valence-electron chi connectivity index (χ3n) is 7.78. The molecular formula is C33H36F2N4O2. The fraction of sp³-hybridized carbons (Fsp3) is 0.394. The van der Waals surface area contributed by atoms with E-state index in [-0.39, 0.29) is 60.2 Å². The van der Waals surface area contributed by atoms with Gasteiger partial charge in [-0.25, -0.2) is 8.78 Å². The molecule has 3 heterocycles. The van der Waals surface area contributed by atoms with E-state index in [4.69, 9.17) is 13.0 Å². The molecule has 0 aromatic heterocycles. The Kier molecular flexibility index (Phi) is 5.98. The molecular weight excluding hydrogens is 522 g/mol. The quantitative estimate of drug-likeness (QED) is 0.459. The van der Waals surface area contributed by atoms with Crippen LogP contribution in [0.2, 0.25) is 0 Å². The smallest absolute Gasteiger partial charge is 0.257 e. The summed E-state index contributed by atoms with van der Waals surface area (Å²) in [5, 5.41) is 2.84. The summed E-state index contributed by atoms with van der Waals surface area (Å²) in [6.07, 6.45) is -0.311. The Morgan fingerprint density at radius 1 is 1.10 bits per heavy atom. The summed E-state index contributed by atoms with van der Waals surface area (Å²) in [5.41, 5.74) is 2.15. The van der Waals surface area contributed by atoms with Crippen LogP contribution in [0.25, 0.3) is 0 Å². The molecule has 6 nitrogen and oxygen atoms in total. The van der Waals surface area contributed by atoms with Gasteiger partial charge in [0.1, 0.15) is 17.5 Å². The second-order valence-corrected chi connectivity index (χ2v) is 10.7. The van der Waals surface area contributed by atoms with Crippen LogP contribution in [0.1, 0.15) is 60.6 Å². The third kappa shape index (κ3) is 6.49. The topological polar surface area (TPSA) is 57.2 Å². The molecule has 0 saturated carbocycles. The number of hydrogen-bond donors (Lipinski definition) is 1. The zero-order valence-electron chi connectivity index (χ0n) is 29.6. The molecule has 8 heteroatoms. The first-order chi connectivity index (χ1) is 22.7. The van der Waals surface area contributed by atoms with E-state index < -0.39 is 30.9 Å². The first-order valence-electron chi connectivity index (χ1n) is 17.4. The van der Waals surface area contributed by atoms with Crippen LogP contribution in [-0.4, -0.2) is 63.0 Å². The van der Waals surface area contributed by atoms with Gasteiger partial charge in [0.2, 0.25) is 0 Å². The number of aliphatic imine (C=N–C) groups is 1. The van der Waals surface area contributed by atoms with E-state index in [0.29, 0.717) is 55.6 Å². The number of amides is 1. The van der Waals surface area contributed by atoms with Crippen LogP contribution in [-0.2, 0) is 24.1 Å². The van der Waals surface area contributed by atoms with Crippen molar-refractivity contribution >= 4 is 17.4 Å². The number of ether oxygens (including phenoxy) is 1. The third-order valence-corrected chi connectivity index (χ3v) is 7.78. The maximum absolute atomic E-state index is 14.0. The molecule has 2 fully saturated rings. The number of benzene rings is 3. The van der Waals surface area contributed by atoms with Crippen LogP contribution in [0.4, 0.5) is 14.5 Å². The van der Waals surface area contributed by atoms with Crippen LogP contribution in [0.5, 0.6) is 0 Å². The maximum Gasteiger partial charge on any atom is 0.257 e. The molecule has 214 valence electrons. The van der Waals surface area contributed by atoms with Crippen molar-refractivity contribution in [3.05, 3.63) is 99.6 Å². The van der Waals surface area contributed by atoms with Crippen molar-refractivity contribution in [2.24, 2.45) is 10.9 Å². The monoisotopic (exact) mass is 565 g/mol. The Labute approximate surface area is 249 Å². The average molecular weight is 566 g/mol. The predicted molar refractivity (Wildman–Crippen MR) is 157 cm³/mol. The number of fused-ring (bicyclic) bond motifs is 1. The predicted octanol–water partition coefficient (Wildman–Crippen LogP) is 4.97. The highest BCUT2D eigenvalue weighted by atomic mass is 19.1. The molecule has 0 unspecified atom stereocenters. The lowest BCUT2D eigenvalue weighted by molar-refractivity contribution is 0.0664. The van der Waals surface area contributed by atoms with E-state index in [1.807, 2.05) is 4.90 Å². The van der Waals surface area contributed by atoms with Crippen LogP contribution >= 0.6 is 0 Å². The van der Waals surface area contributed by atoms with Crippen LogP contribution in [0.3, 0.4) is 0 Å². The fourth-order valence-corrected chi connectivity index (χ4v) is 5.51. The second kappa shape index (κ2) is 12.1. The van der Waals surface area contributed by atoms with E-state index in [2.05, 4.69) is 10.3 Å². The Hall–Kier alpha value is -3.62. The summed E-state index contributed by atoms with van der Waals surface area (Å²) >= 11 is 0. The fourth-order valence-electron chi connectivity index (χ4n) is 5.51. The number of likely N-dealkylation sites (N-methyl/N-ethyl adjacent to an activating group) is 1. The largest absolute Gasteiger partial charge is 0.381 e. The highest BCUT2D eigenvalue weighted by Gasteiger charge is 2.24. The molecule has 2 saturated heterocycles. The minimum absolute atomic E-state index is 0.0187. The van der Waals surface area contributed by atoms with Crippen molar-refractivity contribution in [3.63, 3.8) is 0 Å². The SMILES string of the molecule is [2H]c1cc(C(=O)NC2=NCc3ccc(C([2H])([2H])c4cc(F)cc(F)c4)cc32)c(CC2CCOCC2)c([2H])c1N1CCN(C([2H])([2H])[2H])CC1.